The summed E-state index contributed by atoms with van der Waals surface area (Å²) in [6.07, 6.45) is 0. The molecule has 1 aromatic rings. The Bertz CT molecular complexity index is 318. The van der Waals surface area contributed by atoms with E-state index in [9.17, 15) is 0 Å². The molecule has 0 aliphatic heterocycles. The van der Waals surface area contributed by atoms with E-state index in [4.69, 9.17) is 40.1 Å². The van der Waals surface area contributed by atoms with E-state index in [1.54, 1.807) is 12.1 Å². The number of halogens is 3. The van der Waals surface area contributed by atoms with E-state index in [0.717, 1.165) is 5.56 Å². The second-order valence-corrected chi connectivity index (χ2v) is 3.26. The largest absolute Gasteiger partial charge is 0.192 e. The summed E-state index contributed by atoms with van der Waals surface area (Å²) in [7, 11) is 0. The van der Waals surface area contributed by atoms with Crippen LogP contribution in [0, 0.1) is 11.3 Å². The number of hydrogen-bond donors (Lipinski definition) is 0. The lowest BCUT2D eigenvalue weighted by molar-refractivity contribution is 1.38. The molecule has 0 atom stereocenters. The highest BCUT2D eigenvalue weighted by Crippen LogP contribution is 2.26. The Morgan fingerprint density at radius 1 is 1.25 bits per heavy atom. The Hall–Kier alpha value is -0.420. The van der Waals surface area contributed by atoms with Crippen LogP contribution in [0.15, 0.2) is 12.1 Å². The van der Waals surface area contributed by atoms with Gasteiger partial charge in [0.2, 0.25) is 0 Å². The van der Waals surface area contributed by atoms with E-state index in [-0.39, 0.29) is 0 Å². The van der Waals surface area contributed by atoms with Crippen LogP contribution >= 0.6 is 34.8 Å². The molecule has 62 valence electrons. The second kappa shape index (κ2) is 4.00. The highest BCUT2D eigenvalue weighted by atomic mass is 35.5. The molecule has 12 heavy (non-hydrogen) atoms. The highest BCUT2D eigenvalue weighted by Gasteiger charge is 2.06. The number of alkyl halides is 1. The van der Waals surface area contributed by atoms with Crippen molar-refractivity contribution in [2.45, 2.75) is 5.88 Å². The maximum absolute atomic E-state index is 8.61. The molecule has 0 heterocycles. The first-order valence-corrected chi connectivity index (χ1v) is 4.42. The van der Waals surface area contributed by atoms with Crippen LogP contribution in [-0.2, 0) is 5.88 Å². The van der Waals surface area contributed by atoms with Gasteiger partial charge in [0.15, 0.2) is 0 Å². The van der Waals surface area contributed by atoms with E-state index < -0.39 is 0 Å². The fourth-order valence-electron chi connectivity index (χ4n) is 0.810. The van der Waals surface area contributed by atoms with Crippen LogP contribution in [0.3, 0.4) is 0 Å². The molecule has 0 bridgehead atoms. The van der Waals surface area contributed by atoms with E-state index in [1.165, 1.54) is 0 Å². The lowest BCUT2D eigenvalue weighted by Crippen LogP contribution is -1.84. The van der Waals surface area contributed by atoms with E-state index >= 15 is 0 Å². The molecule has 0 radical (unpaired) electrons. The third-order valence-corrected chi connectivity index (χ3v) is 2.27. The minimum absolute atomic E-state index is 0.298. The Morgan fingerprint density at radius 2 is 1.75 bits per heavy atom. The van der Waals surface area contributed by atoms with Gasteiger partial charge in [-0.2, -0.15) is 5.26 Å². The maximum Gasteiger partial charge on any atom is 0.102 e. The first-order valence-electron chi connectivity index (χ1n) is 3.13. The van der Waals surface area contributed by atoms with Gasteiger partial charge in [0.1, 0.15) is 6.07 Å². The fraction of sp³-hybridized carbons (Fsp3) is 0.125. The van der Waals surface area contributed by atoms with Crippen molar-refractivity contribution in [1.82, 2.24) is 0 Å². The first kappa shape index (κ1) is 9.67. The van der Waals surface area contributed by atoms with Crippen molar-refractivity contribution in [1.29, 1.82) is 5.26 Å². The number of hydrogen-bond acceptors (Lipinski definition) is 1. The average molecular weight is 220 g/mol. The average Bonchev–Trinajstić information content (AvgIpc) is 2.03. The standard InChI is InChI=1S/C8H4Cl3N/c9-3-5-1-7(10)6(4-12)8(11)2-5/h1-2H,3H2. The molecule has 0 aliphatic carbocycles. The fourth-order valence-corrected chi connectivity index (χ4v) is 1.58. The predicted molar refractivity (Wildman–Crippen MR) is 50.7 cm³/mol. The van der Waals surface area contributed by atoms with Gasteiger partial charge < -0.3 is 0 Å². The Labute approximate surface area is 85.5 Å². The summed E-state index contributed by atoms with van der Waals surface area (Å²) in [5, 5.41) is 9.31. The van der Waals surface area contributed by atoms with Crippen LogP contribution in [0.5, 0.6) is 0 Å². The Morgan fingerprint density at radius 3 is 2.08 bits per heavy atom. The molecule has 1 rings (SSSR count). The van der Waals surface area contributed by atoms with Crippen molar-refractivity contribution in [3.63, 3.8) is 0 Å². The molecule has 0 aromatic heterocycles. The van der Waals surface area contributed by atoms with Gasteiger partial charge in [-0.15, -0.1) is 11.6 Å². The topological polar surface area (TPSA) is 23.8 Å². The van der Waals surface area contributed by atoms with Crippen molar-refractivity contribution in [3.8, 4) is 6.07 Å². The molecule has 0 N–H and O–H groups in total. The van der Waals surface area contributed by atoms with Crippen molar-refractivity contribution in [2.75, 3.05) is 0 Å². The maximum atomic E-state index is 8.61. The zero-order valence-corrected chi connectivity index (χ0v) is 8.21. The summed E-state index contributed by atoms with van der Waals surface area (Å²) in [5.74, 6) is 0.338. The SMILES string of the molecule is N#Cc1c(Cl)cc(CCl)cc1Cl. The van der Waals surface area contributed by atoms with Crippen LogP contribution in [-0.4, -0.2) is 0 Å². The molecule has 1 nitrogen and oxygen atoms in total. The van der Waals surface area contributed by atoms with Crippen molar-refractivity contribution in [3.05, 3.63) is 33.3 Å². The Balaban J connectivity index is 3.30. The molecule has 0 fully saturated rings. The molecule has 0 unspecified atom stereocenters. The van der Waals surface area contributed by atoms with E-state index in [2.05, 4.69) is 0 Å². The quantitative estimate of drug-likeness (QED) is 0.663. The second-order valence-electron chi connectivity index (χ2n) is 2.18. The van der Waals surface area contributed by atoms with E-state index in [1.807, 2.05) is 6.07 Å². The third-order valence-electron chi connectivity index (χ3n) is 1.37. The number of rotatable bonds is 1. The molecule has 0 spiro atoms. The first-order chi connectivity index (χ1) is 5.69. The summed E-state index contributed by atoms with van der Waals surface area (Å²) in [4.78, 5) is 0. The smallest absolute Gasteiger partial charge is 0.102 e. The van der Waals surface area contributed by atoms with Gasteiger partial charge in [-0.05, 0) is 17.7 Å². The van der Waals surface area contributed by atoms with Crippen LogP contribution in [0.1, 0.15) is 11.1 Å². The van der Waals surface area contributed by atoms with Crippen LogP contribution in [0.25, 0.3) is 0 Å². The number of benzene rings is 1. The molecule has 4 heteroatoms. The summed E-state index contributed by atoms with van der Waals surface area (Å²) in [6, 6.07) is 5.18. The summed E-state index contributed by atoms with van der Waals surface area (Å²) in [5.41, 5.74) is 1.11. The molecule has 0 aliphatic rings. The molecule has 1 aromatic carbocycles. The van der Waals surface area contributed by atoms with Crippen molar-refractivity contribution in [2.24, 2.45) is 0 Å². The van der Waals surface area contributed by atoms with Gasteiger partial charge in [0.05, 0.1) is 15.6 Å². The molecule has 0 saturated carbocycles. The lowest BCUT2D eigenvalue weighted by atomic mass is 10.2. The molecule has 0 amide bonds. The Kier molecular flexibility index (Phi) is 3.22. The molecular weight excluding hydrogens is 216 g/mol. The van der Waals surface area contributed by atoms with Crippen LogP contribution < -0.4 is 0 Å². The van der Waals surface area contributed by atoms with Gasteiger partial charge >= 0.3 is 0 Å². The summed E-state index contributed by atoms with van der Waals surface area (Å²) >= 11 is 17.1. The normalized spacial score (nSPS) is 9.50. The summed E-state index contributed by atoms with van der Waals surface area (Å²) in [6.45, 7) is 0. The minimum atomic E-state index is 0.298. The van der Waals surface area contributed by atoms with Gasteiger partial charge in [-0.25, -0.2) is 0 Å². The van der Waals surface area contributed by atoms with Crippen molar-refractivity contribution < 1.29 is 0 Å². The third kappa shape index (κ3) is 1.84. The van der Waals surface area contributed by atoms with Gasteiger partial charge in [-0.1, -0.05) is 23.2 Å². The van der Waals surface area contributed by atoms with Crippen molar-refractivity contribution >= 4 is 34.8 Å². The highest BCUT2D eigenvalue weighted by molar-refractivity contribution is 6.36. The monoisotopic (exact) mass is 219 g/mol. The van der Waals surface area contributed by atoms with E-state index in [0.29, 0.717) is 21.5 Å². The van der Waals surface area contributed by atoms with Crippen LogP contribution in [0.2, 0.25) is 10.0 Å². The van der Waals surface area contributed by atoms with Gasteiger partial charge in [-0.3, -0.25) is 0 Å². The molecular formula is C8H4Cl3N. The number of nitrogens with zero attached hydrogens (tertiary/aromatic N) is 1. The van der Waals surface area contributed by atoms with Crippen LogP contribution in [0.4, 0.5) is 0 Å². The zero-order chi connectivity index (χ0) is 9.14. The summed E-state index contributed by atoms with van der Waals surface area (Å²) < 4.78 is 0. The predicted octanol–water partition coefficient (Wildman–Crippen LogP) is 3.60. The van der Waals surface area contributed by atoms with Gasteiger partial charge in [0.25, 0.3) is 0 Å². The van der Waals surface area contributed by atoms with Gasteiger partial charge in [0, 0.05) is 5.88 Å². The minimum Gasteiger partial charge on any atom is -0.192 e. The number of nitriles is 1. The molecule has 0 saturated heterocycles. The lowest BCUT2D eigenvalue weighted by Gasteiger charge is -2.00. The zero-order valence-electron chi connectivity index (χ0n) is 5.94.